The van der Waals surface area contributed by atoms with Gasteiger partial charge in [0.05, 0.1) is 18.4 Å². The Balaban J connectivity index is 1.82. The van der Waals surface area contributed by atoms with E-state index in [9.17, 15) is 9.59 Å². The highest BCUT2D eigenvalue weighted by Crippen LogP contribution is 2.38. The number of anilines is 2. The second-order valence-corrected chi connectivity index (χ2v) is 8.72. The average Bonchev–Trinajstić information content (AvgIpc) is 3.04. The Hall–Kier alpha value is -3.57. The van der Waals surface area contributed by atoms with Crippen LogP contribution in [0, 0.1) is 6.92 Å². The van der Waals surface area contributed by atoms with E-state index in [1.165, 1.54) is 17.6 Å². The lowest BCUT2D eigenvalue weighted by molar-refractivity contribution is -0.120. The molecule has 0 aliphatic carbocycles. The summed E-state index contributed by atoms with van der Waals surface area (Å²) in [4.78, 5) is 28.4. The molecular weight excluding hydrogens is 436 g/mol. The molecule has 6 heteroatoms. The van der Waals surface area contributed by atoms with Gasteiger partial charge in [0.2, 0.25) is 0 Å². The van der Waals surface area contributed by atoms with Crippen molar-refractivity contribution in [1.82, 2.24) is 0 Å². The fraction of sp³-hybridized carbons (Fsp3) is 0.185. The SMILES string of the molecule is COc1ccc(C)cc1N1C(=O)C(Nc2ccc(C(C)C)cc2)=C(c2ccc(Cl)cc2)C1=O. The molecule has 1 aliphatic heterocycles. The summed E-state index contributed by atoms with van der Waals surface area (Å²) in [5, 5.41) is 3.74. The molecule has 0 aromatic heterocycles. The molecule has 1 N–H and O–H groups in total. The molecule has 168 valence electrons. The highest BCUT2D eigenvalue weighted by Gasteiger charge is 2.41. The number of amides is 2. The summed E-state index contributed by atoms with van der Waals surface area (Å²) in [6.07, 6.45) is 0. The van der Waals surface area contributed by atoms with E-state index in [2.05, 4.69) is 19.2 Å². The molecule has 0 fully saturated rings. The summed E-state index contributed by atoms with van der Waals surface area (Å²) in [7, 11) is 1.52. The number of carbonyl (C=O) groups is 2. The van der Waals surface area contributed by atoms with Gasteiger partial charge in [-0.3, -0.25) is 9.59 Å². The zero-order chi connectivity index (χ0) is 23.7. The number of nitrogens with one attached hydrogen (secondary N) is 1. The molecule has 33 heavy (non-hydrogen) atoms. The van der Waals surface area contributed by atoms with Crippen LogP contribution in [0.1, 0.15) is 36.5 Å². The molecule has 4 rings (SSSR count). The van der Waals surface area contributed by atoms with Crippen molar-refractivity contribution in [1.29, 1.82) is 0 Å². The largest absolute Gasteiger partial charge is 0.495 e. The van der Waals surface area contributed by atoms with Gasteiger partial charge in [0, 0.05) is 10.7 Å². The number of rotatable bonds is 6. The number of aryl methyl sites for hydroxylation is 1. The molecule has 0 unspecified atom stereocenters. The van der Waals surface area contributed by atoms with Crippen LogP contribution < -0.4 is 15.0 Å². The normalized spacial score (nSPS) is 13.8. The smallest absolute Gasteiger partial charge is 0.282 e. The zero-order valence-electron chi connectivity index (χ0n) is 19.0. The maximum absolute atomic E-state index is 13.6. The Labute approximate surface area is 198 Å². The molecule has 0 saturated heterocycles. The number of carbonyl (C=O) groups excluding carboxylic acids is 2. The fourth-order valence-electron chi connectivity index (χ4n) is 3.82. The van der Waals surface area contributed by atoms with E-state index in [0.29, 0.717) is 27.9 Å². The molecular formula is C27H25ClN2O3. The van der Waals surface area contributed by atoms with Crippen LogP contribution in [0.15, 0.2) is 72.4 Å². The molecule has 0 bridgehead atoms. The minimum atomic E-state index is -0.443. The third-order valence-electron chi connectivity index (χ3n) is 5.64. The van der Waals surface area contributed by atoms with Crippen molar-refractivity contribution in [2.75, 3.05) is 17.3 Å². The number of methoxy groups -OCH3 is 1. The van der Waals surface area contributed by atoms with E-state index < -0.39 is 11.8 Å². The van der Waals surface area contributed by atoms with Crippen molar-refractivity contribution < 1.29 is 14.3 Å². The second kappa shape index (κ2) is 9.12. The highest BCUT2D eigenvalue weighted by atomic mass is 35.5. The lowest BCUT2D eigenvalue weighted by atomic mass is 10.0. The molecule has 5 nitrogen and oxygen atoms in total. The predicted octanol–water partition coefficient (Wildman–Crippen LogP) is 6.18. The third-order valence-corrected chi connectivity index (χ3v) is 5.89. The van der Waals surface area contributed by atoms with Crippen LogP contribution in [0.2, 0.25) is 5.02 Å². The molecule has 3 aromatic carbocycles. The first-order valence-electron chi connectivity index (χ1n) is 10.7. The van der Waals surface area contributed by atoms with Crippen molar-refractivity contribution in [3.8, 4) is 5.75 Å². The first kappa shape index (κ1) is 22.6. The van der Waals surface area contributed by atoms with E-state index in [0.717, 1.165) is 11.3 Å². The Bertz CT molecular complexity index is 1250. The van der Waals surface area contributed by atoms with Crippen LogP contribution >= 0.6 is 11.6 Å². The van der Waals surface area contributed by atoms with Crippen molar-refractivity contribution >= 4 is 40.4 Å². The number of hydrogen-bond acceptors (Lipinski definition) is 4. The Morgan fingerprint density at radius 3 is 2.18 bits per heavy atom. The van der Waals surface area contributed by atoms with Crippen LogP contribution in [0.25, 0.3) is 5.57 Å². The topological polar surface area (TPSA) is 58.6 Å². The molecule has 1 heterocycles. The average molecular weight is 461 g/mol. The molecule has 1 aliphatic rings. The van der Waals surface area contributed by atoms with Crippen molar-refractivity contribution in [2.45, 2.75) is 26.7 Å². The van der Waals surface area contributed by atoms with Gasteiger partial charge >= 0.3 is 0 Å². The highest BCUT2D eigenvalue weighted by molar-refractivity contribution is 6.46. The first-order chi connectivity index (χ1) is 15.8. The third kappa shape index (κ3) is 4.37. The summed E-state index contributed by atoms with van der Waals surface area (Å²) in [6, 6.07) is 20.1. The van der Waals surface area contributed by atoms with E-state index in [1.54, 1.807) is 36.4 Å². The second-order valence-electron chi connectivity index (χ2n) is 8.28. The monoisotopic (exact) mass is 460 g/mol. The van der Waals surface area contributed by atoms with Gasteiger partial charge in [0.25, 0.3) is 11.8 Å². The maximum atomic E-state index is 13.6. The number of ether oxygens (including phenoxy) is 1. The van der Waals surface area contributed by atoms with E-state index >= 15 is 0 Å². The summed E-state index contributed by atoms with van der Waals surface area (Å²) in [6.45, 7) is 6.14. The Morgan fingerprint density at radius 2 is 1.58 bits per heavy atom. The van der Waals surface area contributed by atoms with Gasteiger partial charge in [-0.25, -0.2) is 4.90 Å². The lowest BCUT2D eigenvalue weighted by Crippen LogP contribution is -2.32. The van der Waals surface area contributed by atoms with Crippen LogP contribution in [-0.2, 0) is 9.59 Å². The molecule has 0 spiro atoms. The lowest BCUT2D eigenvalue weighted by Gasteiger charge is -2.19. The quantitative estimate of drug-likeness (QED) is 0.446. The number of hydrogen-bond donors (Lipinski definition) is 1. The van der Waals surface area contributed by atoms with Gasteiger partial charge in [-0.2, -0.15) is 0 Å². The van der Waals surface area contributed by atoms with Crippen molar-refractivity contribution in [3.63, 3.8) is 0 Å². The molecule has 3 aromatic rings. The van der Waals surface area contributed by atoms with Crippen LogP contribution in [0.5, 0.6) is 5.75 Å². The van der Waals surface area contributed by atoms with Crippen LogP contribution in [0.4, 0.5) is 11.4 Å². The molecule has 2 amide bonds. The van der Waals surface area contributed by atoms with E-state index in [4.69, 9.17) is 16.3 Å². The minimum absolute atomic E-state index is 0.211. The minimum Gasteiger partial charge on any atom is -0.495 e. The number of halogens is 1. The van der Waals surface area contributed by atoms with E-state index in [-0.39, 0.29) is 11.3 Å². The predicted molar refractivity (Wildman–Crippen MR) is 133 cm³/mol. The number of nitrogens with zero attached hydrogens (tertiary/aromatic N) is 1. The molecule has 0 radical (unpaired) electrons. The van der Waals surface area contributed by atoms with Crippen LogP contribution in [0.3, 0.4) is 0 Å². The first-order valence-corrected chi connectivity index (χ1v) is 11.1. The van der Waals surface area contributed by atoms with Gasteiger partial charge in [-0.15, -0.1) is 0 Å². The molecule has 0 atom stereocenters. The summed E-state index contributed by atoms with van der Waals surface area (Å²) >= 11 is 6.06. The standard InChI is InChI=1S/C27H25ClN2O3/c1-16(2)18-8-12-21(13-9-18)29-25-24(19-6-10-20(28)11-7-19)26(31)30(27(25)32)22-15-17(3)5-14-23(22)33-4/h5-16,29H,1-4H3. The maximum Gasteiger partial charge on any atom is 0.282 e. The molecule has 0 saturated carbocycles. The van der Waals surface area contributed by atoms with Crippen LogP contribution in [-0.4, -0.2) is 18.9 Å². The van der Waals surface area contributed by atoms with Crippen molar-refractivity contribution in [2.24, 2.45) is 0 Å². The summed E-state index contributed by atoms with van der Waals surface area (Å²) < 4.78 is 5.45. The number of benzene rings is 3. The van der Waals surface area contributed by atoms with Crippen molar-refractivity contribution in [3.05, 3.63) is 94.1 Å². The van der Waals surface area contributed by atoms with Gasteiger partial charge in [0.1, 0.15) is 11.4 Å². The summed E-state index contributed by atoms with van der Waals surface area (Å²) in [5.41, 5.74) is 4.33. The Kier molecular flexibility index (Phi) is 6.25. The fourth-order valence-corrected chi connectivity index (χ4v) is 3.95. The summed E-state index contributed by atoms with van der Waals surface area (Å²) in [5.74, 6) is -0.0311. The zero-order valence-corrected chi connectivity index (χ0v) is 19.7. The van der Waals surface area contributed by atoms with Gasteiger partial charge < -0.3 is 10.1 Å². The van der Waals surface area contributed by atoms with Gasteiger partial charge in [-0.05, 0) is 65.9 Å². The van der Waals surface area contributed by atoms with Gasteiger partial charge in [-0.1, -0.05) is 55.8 Å². The Morgan fingerprint density at radius 1 is 0.909 bits per heavy atom. The van der Waals surface area contributed by atoms with E-state index in [1.807, 2.05) is 37.3 Å². The van der Waals surface area contributed by atoms with Gasteiger partial charge in [0.15, 0.2) is 0 Å². The number of imide groups is 1.